The van der Waals surface area contributed by atoms with Crippen LogP contribution >= 0.6 is 12.4 Å². The number of benzene rings is 1. The summed E-state index contributed by atoms with van der Waals surface area (Å²) in [5.74, 6) is 0.183. The van der Waals surface area contributed by atoms with Gasteiger partial charge in [-0.25, -0.2) is 4.39 Å². The summed E-state index contributed by atoms with van der Waals surface area (Å²) >= 11 is 0. The molecule has 2 N–H and O–H groups in total. The van der Waals surface area contributed by atoms with Crippen LogP contribution in [0.3, 0.4) is 0 Å². The van der Waals surface area contributed by atoms with E-state index in [1.165, 1.54) is 12.1 Å². The van der Waals surface area contributed by atoms with Crippen molar-refractivity contribution in [3.05, 3.63) is 30.1 Å². The minimum Gasteiger partial charge on any atom is -0.486 e. The smallest absolute Gasteiger partial charge is 0.323 e. The van der Waals surface area contributed by atoms with Crippen LogP contribution in [0.25, 0.3) is 0 Å². The van der Waals surface area contributed by atoms with E-state index in [4.69, 9.17) is 15.2 Å². The van der Waals surface area contributed by atoms with Crippen molar-refractivity contribution in [1.29, 1.82) is 0 Å². The van der Waals surface area contributed by atoms with Crippen molar-refractivity contribution in [2.75, 3.05) is 0 Å². The molecule has 0 radical (unpaired) electrons. The molecule has 0 aliphatic heterocycles. The predicted molar refractivity (Wildman–Crippen MR) is 89.2 cm³/mol. The van der Waals surface area contributed by atoms with Gasteiger partial charge in [-0.1, -0.05) is 12.8 Å². The Labute approximate surface area is 142 Å². The second kappa shape index (κ2) is 9.08. The van der Waals surface area contributed by atoms with E-state index in [0.717, 1.165) is 25.7 Å². The van der Waals surface area contributed by atoms with Gasteiger partial charge in [0, 0.05) is 0 Å². The summed E-state index contributed by atoms with van der Waals surface area (Å²) in [6.45, 7) is 3.42. The number of halogens is 2. The van der Waals surface area contributed by atoms with Gasteiger partial charge in [-0.3, -0.25) is 4.79 Å². The monoisotopic (exact) mass is 345 g/mol. The molecule has 1 aliphatic rings. The Balaban J connectivity index is 0.00000264. The molecule has 2 rings (SSSR count). The molecule has 130 valence electrons. The number of nitrogens with two attached hydrogens (primary N) is 1. The SMILES string of the molecule is C[C@H](N)C(=O)O[C@@H](C)[C@H](Oc1ccc(F)cc1)C1CCCC1.Cl. The summed E-state index contributed by atoms with van der Waals surface area (Å²) < 4.78 is 24.4. The molecule has 1 saturated carbocycles. The average Bonchev–Trinajstić information content (AvgIpc) is 3.00. The number of carbonyl (C=O) groups excluding carboxylic acids is 1. The van der Waals surface area contributed by atoms with E-state index in [9.17, 15) is 9.18 Å². The van der Waals surface area contributed by atoms with Crippen molar-refractivity contribution >= 4 is 18.4 Å². The molecule has 3 atom stereocenters. The molecule has 0 aromatic heterocycles. The van der Waals surface area contributed by atoms with Crippen LogP contribution in [0.4, 0.5) is 4.39 Å². The van der Waals surface area contributed by atoms with Crippen LogP contribution in [0, 0.1) is 11.7 Å². The summed E-state index contributed by atoms with van der Waals surface area (Å²) in [4.78, 5) is 11.7. The highest BCUT2D eigenvalue weighted by Crippen LogP contribution is 2.32. The maximum Gasteiger partial charge on any atom is 0.323 e. The molecular weight excluding hydrogens is 321 g/mol. The number of carbonyl (C=O) groups is 1. The molecule has 4 nitrogen and oxygen atoms in total. The standard InChI is InChI=1S/C17H24FNO3.ClH/c1-11(19)17(20)21-12(2)16(13-5-3-4-6-13)22-15-9-7-14(18)8-10-15;/h7-13,16H,3-6,19H2,1-2H3;1H/t11-,12-,16-;/m0./s1. The molecule has 0 unspecified atom stereocenters. The highest BCUT2D eigenvalue weighted by atomic mass is 35.5. The van der Waals surface area contributed by atoms with Crippen LogP contribution < -0.4 is 10.5 Å². The number of rotatable bonds is 6. The molecule has 0 amide bonds. The Kier molecular flexibility index (Phi) is 7.79. The van der Waals surface area contributed by atoms with Crippen molar-refractivity contribution in [3.8, 4) is 5.75 Å². The lowest BCUT2D eigenvalue weighted by Gasteiger charge is -2.30. The maximum absolute atomic E-state index is 13.0. The van der Waals surface area contributed by atoms with Crippen molar-refractivity contribution in [2.45, 2.75) is 57.8 Å². The third-order valence-electron chi connectivity index (χ3n) is 4.09. The van der Waals surface area contributed by atoms with Gasteiger partial charge in [-0.15, -0.1) is 12.4 Å². The lowest BCUT2D eigenvalue weighted by molar-refractivity contribution is -0.155. The predicted octanol–water partition coefficient (Wildman–Crippen LogP) is 3.46. The Bertz CT molecular complexity index is 489. The van der Waals surface area contributed by atoms with Crippen LogP contribution in [0.2, 0.25) is 0 Å². The van der Waals surface area contributed by atoms with Crippen molar-refractivity contribution < 1.29 is 18.7 Å². The van der Waals surface area contributed by atoms with Crippen molar-refractivity contribution in [2.24, 2.45) is 11.7 Å². The van der Waals surface area contributed by atoms with E-state index >= 15 is 0 Å². The minimum absolute atomic E-state index is 0. The summed E-state index contributed by atoms with van der Waals surface area (Å²) in [6.07, 6.45) is 3.77. The largest absolute Gasteiger partial charge is 0.486 e. The van der Waals surface area contributed by atoms with E-state index in [2.05, 4.69) is 0 Å². The average molecular weight is 346 g/mol. The highest BCUT2D eigenvalue weighted by molar-refractivity contribution is 5.85. The van der Waals surface area contributed by atoms with Gasteiger partial charge in [-0.2, -0.15) is 0 Å². The third kappa shape index (κ3) is 5.66. The van der Waals surface area contributed by atoms with Gasteiger partial charge in [0.15, 0.2) is 0 Å². The van der Waals surface area contributed by atoms with Crippen LogP contribution in [0.5, 0.6) is 5.75 Å². The second-order valence-corrected chi connectivity index (χ2v) is 6.01. The van der Waals surface area contributed by atoms with E-state index in [1.54, 1.807) is 19.1 Å². The topological polar surface area (TPSA) is 61.6 Å². The fourth-order valence-electron chi connectivity index (χ4n) is 2.89. The Morgan fingerprint density at radius 3 is 2.30 bits per heavy atom. The molecule has 1 aromatic carbocycles. The molecule has 0 heterocycles. The molecule has 1 fully saturated rings. The van der Waals surface area contributed by atoms with Gasteiger partial charge >= 0.3 is 5.97 Å². The summed E-state index contributed by atoms with van der Waals surface area (Å²) in [7, 11) is 0. The van der Waals surface area contributed by atoms with Crippen molar-refractivity contribution in [1.82, 2.24) is 0 Å². The third-order valence-corrected chi connectivity index (χ3v) is 4.09. The zero-order chi connectivity index (χ0) is 16.1. The Morgan fingerprint density at radius 2 is 1.78 bits per heavy atom. The van der Waals surface area contributed by atoms with Gasteiger partial charge in [-0.05, 0) is 56.9 Å². The molecule has 6 heteroatoms. The van der Waals surface area contributed by atoms with E-state index in [0.29, 0.717) is 11.7 Å². The van der Waals surface area contributed by atoms with Crippen LogP contribution in [0.15, 0.2) is 24.3 Å². The van der Waals surface area contributed by atoms with Gasteiger partial charge < -0.3 is 15.2 Å². The molecular formula is C17H25ClFNO3. The van der Waals surface area contributed by atoms with Crippen LogP contribution in [-0.4, -0.2) is 24.2 Å². The first kappa shape index (κ1) is 19.7. The second-order valence-electron chi connectivity index (χ2n) is 6.01. The lowest BCUT2D eigenvalue weighted by Crippen LogP contribution is -2.41. The molecule has 0 spiro atoms. The van der Waals surface area contributed by atoms with Crippen molar-refractivity contribution in [3.63, 3.8) is 0 Å². The molecule has 0 saturated heterocycles. The number of hydrogen-bond donors (Lipinski definition) is 1. The van der Waals surface area contributed by atoms with Crippen LogP contribution in [-0.2, 0) is 9.53 Å². The molecule has 1 aromatic rings. The zero-order valence-corrected chi connectivity index (χ0v) is 14.4. The fourth-order valence-corrected chi connectivity index (χ4v) is 2.89. The first-order chi connectivity index (χ1) is 10.5. The summed E-state index contributed by atoms with van der Waals surface area (Å²) in [6, 6.07) is 5.26. The van der Waals surface area contributed by atoms with E-state index in [1.807, 2.05) is 6.92 Å². The minimum atomic E-state index is -0.655. The van der Waals surface area contributed by atoms with Gasteiger partial charge in [0.25, 0.3) is 0 Å². The Morgan fingerprint density at radius 1 is 1.22 bits per heavy atom. The maximum atomic E-state index is 13.0. The molecule has 23 heavy (non-hydrogen) atoms. The number of esters is 1. The summed E-state index contributed by atoms with van der Waals surface area (Å²) in [5, 5.41) is 0. The van der Waals surface area contributed by atoms with E-state index in [-0.39, 0.29) is 24.3 Å². The first-order valence-corrected chi connectivity index (χ1v) is 7.85. The number of hydrogen-bond acceptors (Lipinski definition) is 4. The molecule has 1 aliphatic carbocycles. The quantitative estimate of drug-likeness (QED) is 0.802. The van der Waals surface area contributed by atoms with Crippen LogP contribution in [0.1, 0.15) is 39.5 Å². The first-order valence-electron chi connectivity index (χ1n) is 7.85. The Hall–Kier alpha value is -1.33. The van der Waals surface area contributed by atoms with Gasteiger partial charge in [0.2, 0.25) is 0 Å². The normalized spacial score (nSPS) is 18.6. The summed E-state index contributed by atoms with van der Waals surface area (Å²) in [5.41, 5.74) is 5.55. The van der Waals surface area contributed by atoms with E-state index < -0.39 is 18.1 Å². The van der Waals surface area contributed by atoms with Gasteiger partial charge in [0.05, 0.1) is 0 Å². The zero-order valence-electron chi connectivity index (χ0n) is 13.5. The number of ether oxygens (including phenoxy) is 2. The molecule has 0 bridgehead atoms. The van der Waals surface area contributed by atoms with Gasteiger partial charge in [0.1, 0.15) is 29.8 Å². The lowest BCUT2D eigenvalue weighted by atomic mass is 9.96. The highest BCUT2D eigenvalue weighted by Gasteiger charge is 2.33. The fraction of sp³-hybridized carbons (Fsp3) is 0.588.